The molecule has 1 amide bonds. The molecule has 2 rings (SSSR count). The number of hydrogen-bond acceptors (Lipinski definition) is 5. The molecule has 0 fully saturated rings. The third-order valence-corrected chi connectivity index (χ3v) is 3.26. The first-order valence-electron chi connectivity index (χ1n) is 6.73. The first-order chi connectivity index (χ1) is 10.5. The Morgan fingerprint density at radius 3 is 2.50 bits per heavy atom. The molecular weight excluding hydrogens is 286 g/mol. The van der Waals surface area contributed by atoms with Crippen molar-refractivity contribution in [3.05, 3.63) is 63.9 Å². The normalized spacial score (nSPS) is 12.1. The Bertz CT molecular complexity index is 652. The summed E-state index contributed by atoms with van der Waals surface area (Å²) in [5.41, 5.74) is 1.07. The van der Waals surface area contributed by atoms with Crippen LogP contribution in [0.5, 0.6) is 0 Å². The van der Waals surface area contributed by atoms with Crippen LogP contribution in [0, 0.1) is 10.1 Å². The molecule has 0 radical (unpaired) electrons. The predicted molar refractivity (Wildman–Crippen MR) is 80.6 cm³/mol. The third-order valence-electron chi connectivity index (χ3n) is 3.26. The summed E-state index contributed by atoms with van der Waals surface area (Å²) in [6.07, 6.45) is 0. The molecule has 7 nitrogen and oxygen atoms in total. The highest BCUT2D eigenvalue weighted by molar-refractivity contribution is 5.91. The molecule has 0 aliphatic heterocycles. The fourth-order valence-corrected chi connectivity index (χ4v) is 2.10. The number of rotatable bonds is 6. The number of amides is 1. The van der Waals surface area contributed by atoms with Gasteiger partial charge in [0, 0.05) is 6.54 Å². The summed E-state index contributed by atoms with van der Waals surface area (Å²) in [5, 5.41) is 13.3. The van der Waals surface area contributed by atoms with E-state index in [0.29, 0.717) is 6.54 Å². The molecular formula is C15H17N3O4. The first kappa shape index (κ1) is 15.7. The molecule has 2 aromatic rings. The average molecular weight is 303 g/mol. The zero-order valence-corrected chi connectivity index (χ0v) is 12.4. The molecule has 1 N–H and O–H groups in total. The number of nitrogens with zero attached hydrogens (tertiary/aromatic N) is 2. The Morgan fingerprint density at radius 1 is 1.27 bits per heavy atom. The summed E-state index contributed by atoms with van der Waals surface area (Å²) in [7, 11) is 3.84. The molecule has 0 spiro atoms. The molecule has 1 heterocycles. The highest BCUT2D eigenvalue weighted by Crippen LogP contribution is 2.18. The Kier molecular flexibility index (Phi) is 4.90. The zero-order chi connectivity index (χ0) is 16.1. The van der Waals surface area contributed by atoms with Gasteiger partial charge in [0.05, 0.1) is 12.1 Å². The van der Waals surface area contributed by atoms with E-state index >= 15 is 0 Å². The van der Waals surface area contributed by atoms with Gasteiger partial charge in [-0.1, -0.05) is 30.3 Å². The van der Waals surface area contributed by atoms with Crippen molar-refractivity contribution in [2.45, 2.75) is 6.04 Å². The summed E-state index contributed by atoms with van der Waals surface area (Å²) in [5.74, 6) is -0.995. The van der Waals surface area contributed by atoms with Gasteiger partial charge in [-0.05, 0) is 25.7 Å². The van der Waals surface area contributed by atoms with Crippen molar-refractivity contribution in [1.29, 1.82) is 0 Å². The number of hydrogen-bond donors (Lipinski definition) is 1. The lowest BCUT2D eigenvalue weighted by molar-refractivity contribution is -0.402. The molecule has 1 atom stereocenters. The van der Waals surface area contributed by atoms with E-state index in [0.717, 1.165) is 11.6 Å². The van der Waals surface area contributed by atoms with Crippen molar-refractivity contribution >= 4 is 11.8 Å². The quantitative estimate of drug-likeness (QED) is 0.653. The maximum absolute atomic E-state index is 12.0. The molecule has 1 unspecified atom stereocenters. The summed E-state index contributed by atoms with van der Waals surface area (Å²) in [6.45, 7) is 0.365. The molecule has 0 bridgehead atoms. The number of nitro groups is 1. The number of carbonyl (C=O) groups excluding carboxylic acids is 1. The molecule has 22 heavy (non-hydrogen) atoms. The van der Waals surface area contributed by atoms with Gasteiger partial charge in [0.1, 0.15) is 4.92 Å². The lowest BCUT2D eigenvalue weighted by Gasteiger charge is -2.24. The van der Waals surface area contributed by atoms with E-state index in [1.165, 1.54) is 6.07 Å². The highest BCUT2D eigenvalue weighted by Gasteiger charge is 2.19. The van der Waals surface area contributed by atoms with Crippen LogP contribution in [0.3, 0.4) is 0 Å². The Labute approximate surface area is 127 Å². The lowest BCUT2D eigenvalue weighted by Crippen LogP contribution is -2.34. The fraction of sp³-hybridized carbons (Fsp3) is 0.267. The van der Waals surface area contributed by atoms with E-state index in [2.05, 4.69) is 5.32 Å². The van der Waals surface area contributed by atoms with Crippen LogP contribution in [0.2, 0.25) is 0 Å². The molecule has 0 aliphatic carbocycles. The standard InChI is InChI=1S/C15H17N3O4/c1-17(2)12(11-6-4-3-5-7-11)10-16-15(19)13-8-9-14(22-13)18(20)21/h3-9,12H,10H2,1-2H3,(H,16,19). The van der Waals surface area contributed by atoms with E-state index in [9.17, 15) is 14.9 Å². The SMILES string of the molecule is CN(C)C(CNC(=O)c1ccc([N+](=O)[O-])o1)c1ccccc1. The second-order valence-electron chi connectivity index (χ2n) is 5.00. The lowest BCUT2D eigenvalue weighted by atomic mass is 10.1. The second kappa shape index (κ2) is 6.86. The van der Waals surface area contributed by atoms with Gasteiger partial charge in [-0.3, -0.25) is 14.9 Å². The van der Waals surface area contributed by atoms with Crippen molar-refractivity contribution in [3.63, 3.8) is 0 Å². The van der Waals surface area contributed by atoms with Crippen LogP contribution in [0.4, 0.5) is 5.88 Å². The second-order valence-corrected chi connectivity index (χ2v) is 5.00. The van der Waals surface area contributed by atoms with Crippen LogP contribution in [-0.2, 0) is 0 Å². The van der Waals surface area contributed by atoms with Gasteiger partial charge < -0.3 is 14.6 Å². The monoisotopic (exact) mass is 303 g/mol. The highest BCUT2D eigenvalue weighted by atomic mass is 16.6. The molecule has 1 aromatic heterocycles. The van der Waals surface area contributed by atoms with Crippen molar-refractivity contribution in [3.8, 4) is 0 Å². The van der Waals surface area contributed by atoms with Crippen molar-refractivity contribution in [2.24, 2.45) is 0 Å². The largest absolute Gasteiger partial charge is 0.433 e. The minimum absolute atomic E-state index is 0.00454. The molecule has 1 aromatic carbocycles. The van der Waals surface area contributed by atoms with E-state index in [1.807, 2.05) is 49.3 Å². The predicted octanol–water partition coefficient (Wildman–Crippen LogP) is 2.22. The molecule has 0 aliphatic rings. The maximum Gasteiger partial charge on any atom is 0.433 e. The van der Waals surface area contributed by atoms with Gasteiger partial charge in [0.15, 0.2) is 5.76 Å². The van der Waals surface area contributed by atoms with Crippen LogP contribution in [0.15, 0.2) is 46.9 Å². The molecule has 7 heteroatoms. The van der Waals surface area contributed by atoms with E-state index in [4.69, 9.17) is 4.42 Å². The summed E-state index contributed by atoms with van der Waals surface area (Å²) in [4.78, 5) is 23.9. The van der Waals surface area contributed by atoms with Gasteiger partial charge in [-0.25, -0.2) is 0 Å². The summed E-state index contributed by atoms with van der Waals surface area (Å²) < 4.78 is 4.88. The number of carbonyl (C=O) groups is 1. The van der Waals surface area contributed by atoms with Crippen LogP contribution >= 0.6 is 0 Å². The minimum Gasteiger partial charge on any atom is -0.395 e. The molecule has 0 saturated heterocycles. The molecule has 0 saturated carbocycles. The zero-order valence-electron chi connectivity index (χ0n) is 12.4. The molecule has 116 valence electrons. The topological polar surface area (TPSA) is 88.6 Å². The van der Waals surface area contributed by atoms with Crippen molar-refractivity contribution in [2.75, 3.05) is 20.6 Å². The Balaban J connectivity index is 2.03. The van der Waals surface area contributed by atoms with Crippen LogP contribution in [0.25, 0.3) is 0 Å². The smallest absolute Gasteiger partial charge is 0.395 e. The van der Waals surface area contributed by atoms with E-state index < -0.39 is 16.7 Å². The van der Waals surface area contributed by atoms with Crippen LogP contribution in [0.1, 0.15) is 22.2 Å². The Hall–Kier alpha value is -2.67. The van der Waals surface area contributed by atoms with Crippen LogP contribution < -0.4 is 5.32 Å². The van der Waals surface area contributed by atoms with Crippen LogP contribution in [-0.4, -0.2) is 36.4 Å². The maximum atomic E-state index is 12.0. The van der Waals surface area contributed by atoms with Crippen molar-refractivity contribution < 1.29 is 14.1 Å². The van der Waals surface area contributed by atoms with Gasteiger partial charge in [-0.15, -0.1) is 0 Å². The summed E-state index contributed by atoms with van der Waals surface area (Å²) in [6, 6.07) is 12.2. The minimum atomic E-state index is -0.677. The van der Waals surface area contributed by atoms with Gasteiger partial charge in [0.25, 0.3) is 5.91 Å². The number of likely N-dealkylation sites (N-methyl/N-ethyl adjacent to an activating group) is 1. The summed E-state index contributed by atoms with van der Waals surface area (Å²) >= 11 is 0. The van der Waals surface area contributed by atoms with Gasteiger partial charge in [0.2, 0.25) is 0 Å². The van der Waals surface area contributed by atoms with E-state index in [-0.39, 0.29) is 11.8 Å². The van der Waals surface area contributed by atoms with Crippen molar-refractivity contribution in [1.82, 2.24) is 10.2 Å². The number of nitrogens with one attached hydrogen (secondary N) is 1. The third kappa shape index (κ3) is 3.70. The van der Waals surface area contributed by atoms with Gasteiger partial charge in [-0.2, -0.15) is 0 Å². The Morgan fingerprint density at radius 2 is 1.95 bits per heavy atom. The average Bonchev–Trinajstić information content (AvgIpc) is 2.98. The number of benzene rings is 1. The first-order valence-corrected chi connectivity index (χ1v) is 6.73. The van der Waals surface area contributed by atoms with Gasteiger partial charge >= 0.3 is 5.88 Å². The number of furan rings is 1. The fourth-order valence-electron chi connectivity index (χ4n) is 2.10. The van der Waals surface area contributed by atoms with E-state index in [1.54, 1.807) is 0 Å².